The van der Waals surface area contributed by atoms with E-state index < -0.39 is 65.2 Å². The molecule has 0 radical (unpaired) electrons. The van der Waals surface area contributed by atoms with Crippen molar-refractivity contribution in [2.75, 3.05) is 57.6 Å². The van der Waals surface area contributed by atoms with Gasteiger partial charge in [0.2, 0.25) is 26.0 Å². The fourth-order valence-corrected chi connectivity index (χ4v) is 17.5. The number of para-hydroxylation sites is 4. The smallest absolute Gasteiger partial charge is 0.287 e. The first-order valence-corrected chi connectivity index (χ1v) is 44.7. The van der Waals surface area contributed by atoms with Crippen LogP contribution in [0.25, 0.3) is 54.5 Å². The van der Waals surface area contributed by atoms with Gasteiger partial charge in [-0.3, -0.25) is 24.0 Å². The number of aryl methyl sites for hydroxylation is 9. The maximum Gasteiger partial charge on any atom is 0.287 e. The van der Waals surface area contributed by atoms with Crippen LogP contribution in [-0.2, 0) is 58.9 Å². The molecule has 24 nitrogen and oxygen atoms in total. The summed E-state index contributed by atoms with van der Waals surface area (Å²) in [5.74, 6) is -1.77. The molecule has 0 saturated carbocycles. The number of hydrogen-bond donors (Lipinski definition) is 8. The van der Waals surface area contributed by atoms with Gasteiger partial charge in [0, 0.05) is 90.8 Å². The van der Waals surface area contributed by atoms with Gasteiger partial charge in [-0.15, -0.1) is 0 Å². The SMILES string of the molecule is Cc1cc(OCCCc2c(C(=O)NS(=O)(=O)CCNC(=O)C3CCOCC3)[nH]c3ccccc23)cc(C)c1Cl.Cc1cc(OCCCc2c(C(=O)NS(=O)(=O)CCNC(=O)c3cc4ccccc4o3)[nH]c3ccccc23)cc(C)c1Cl.Cc1cc(OCCCc2c(C(=O)NS(=O)(=O)c3cccc4ccccc34)[nH]c3ccccc23)cc(C)c1Cl. The molecule has 0 unspecified atom stereocenters. The van der Waals surface area contributed by atoms with Gasteiger partial charge in [-0.1, -0.05) is 144 Å². The maximum absolute atomic E-state index is 13.4. The third kappa shape index (κ3) is 22.2. The minimum absolute atomic E-state index is 0.0589. The van der Waals surface area contributed by atoms with Gasteiger partial charge in [0.1, 0.15) is 39.9 Å². The van der Waals surface area contributed by atoms with Crippen molar-refractivity contribution in [1.82, 2.24) is 39.8 Å². The lowest BCUT2D eigenvalue weighted by atomic mass is 10.00. The summed E-state index contributed by atoms with van der Waals surface area (Å²) < 4.78 is 112. The Morgan fingerprint density at radius 1 is 0.420 bits per heavy atom. The number of benzene rings is 9. The van der Waals surface area contributed by atoms with Crippen LogP contribution in [0.15, 0.2) is 191 Å². The molecule has 5 heterocycles. The number of carbonyl (C=O) groups excluding carboxylic acids is 5. The summed E-state index contributed by atoms with van der Waals surface area (Å²) in [6.07, 6.45) is 4.54. The minimum atomic E-state index is -4.12. The van der Waals surface area contributed by atoms with Gasteiger partial charge in [0.25, 0.3) is 33.7 Å². The van der Waals surface area contributed by atoms with Crippen molar-refractivity contribution in [2.45, 2.75) is 97.8 Å². The quantitative estimate of drug-likeness (QED) is 0.0194. The average Bonchev–Trinajstić information content (AvgIpc) is 1.71. The number of aromatic amines is 3. The predicted molar refractivity (Wildman–Crippen MR) is 465 cm³/mol. The van der Waals surface area contributed by atoms with E-state index in [0.29, 0.717) is 117 Å². The lowest BCUT2D eigenvalue weighted by molar-refractivity contribution is -0.127. The first-order valence-electron chi connectivity index (χ1n) is 38.7. The number of ether oxygens (including phenoxy) is 4. The molecule has 14 rings (SSSR count). The molecule has 1 fully saturated rings. The van der Waals surface area contributed by atoms with Crippen molar-refractivity contribution in [2.24, 2.45) is 5.92 Å². The van der Waals surface area contributed by atoms with Crippen molar-refractivity contribution in [3.05, 3.63) is 270 Å². The fraction of sp³-hybridized carbons (Fsp3) is 0.270. The van der Waals surface area contributed by atoms with Crippen molar-refractivity contribution in [3.63, 3.8) is 0 Å². The summed E-state index contributed by atoms with van der Waals surface area (Å²) in [6, 6.07) is 54.6. The first kappa shape index (κ1) is 87.2. The van der Waals surface area contributed by atoms with Crippen molar-refractivity contribution in [3.8, 4) is 17.2 Å². The Balaban J connectivity index is 0.000000164. The highest BCUT2D eigenvalue weighted by molar-refractivity contribution is 7.90. The van der Waals surface area contributed by atoms with Crippen LogP contribution < -0.4 is 39.0 Å². The Kier molecular flexibility index (Phi) is 28.7. The molecule has 119 heavy (non-hydrogen) atoms. The van der Waals surface area contributed by atoms with E-state index in [-0.39, 0.29) is 52.7 Å². The molecule has 1 aliphatic heterocycles. The monoisotopic (exact) mass is 1730 g/mol. The van der Waals surface area contributed by atoms with Crippen LogP contribution in [0.5, 0.6) is 17.2 Å². The van der Waals surface area contributed by atoms with Gasteiger partial charge in [0.15, 0.2) is 5.76 Å². The minimum Gasteiger partial charge on any atom is -0.494 e. The van der Waals surface area contributed by atoms with Crippen LogP contribution in [0.3, 0.4) is 0 Å². The van der Waals surface area contributed by atoms with Gasteiger partial charge >= 0.3 is 0 Å². The van der Waals surface area contributed by atoms with Crippen molar-refractivity contribution < 1.29 is 72.6 Å². The van der Waals surface area contributed by atoms with E-state index in [1.54, 1.807) is 36.4 Å². The molecule has 30 heteroatoms. The highest BCUT2D eigenvalue weighted by atomic mass is 35.5. The van der Waals surface area contributed by atoms with E-state index in [2.05, 4.69) is 39.8 Å². The van der Waals surface area contributed by atoms with E-state index in [1.807, 2.05) is 181 Å². The second-order valence-corrected chi connectivity index (χ2v) is 35.5. The molecule has 0 atom stereocenters. The maximum atomic E-state index is 13.4. The van der Waals surface area contributed by atoms with E-state index >= 15 is 0 Å². The lowest BCUT2D eigenvalue weighted by Gasteiger charge is -2.21. The second-order valence-electron chi connectivity index (χ2n) is 29.0. The Morgan fingerprint density at radius 2 is 0.782 bits per heavy atom. The Bertz CT molecular complexity index is 6210. The summed E-state index contributed by atoms with van der Waals surface area (Å²) >= 11 is 18.7. The van der Waals surface area contributed by atoms with E-state index in [1.165, 1.54) is 6.07 Å². The third-order valence-electron chi connectivity index (χ3n) is 20.2. The number of amides is 5. The zero-order valence-corrected chi connectivity index (χ0v) is 71.0. The molecule has 9 aromatic carbocycles. The van der Waals surface area contributed by atoms with Crippen LogP contribution in [0.1, 0.15) is 124 Å². The molecule has 5 amide bonds. The van der Waals surface area contributed by atoms with Crippen LogP contribution in [0.4, 0.5) is 0 Å². The number of furan rings is 1. The second kappa shape index (κ2) is 39.1. The fourth-order valence-electron chi connectivity index (χ4n) is 14.3. The highest BCUT2D eigenvalue weighted by Crippen LogP contribution is 2.33. The van der Waals surface area contributed by atoms with E-state index in [9.17, 15) is 49.2 Å². The summed E-state index contributed by atoms with van der Waals surface area (Å²) in [6.45, 7) is 13.5. The lowest BCUT2D eigenvalue weighted by Crippen LogP contribution is -2.40. The molecule has 0 bridgehead atoms. The molecule has 1 saturated heterocycles. The van der Waals surface area contributed by atoms with Gasteiger partial charge in [-0.05, 0) is 221 Å². The van der Waals surface area contributed by atoms with Gasteiger partial charge in [-0.2, -0.15) is 0 Å². The largest absolute Gasteiger partial charge is 0.494 e. The number of hydrogen-bond acceptors (Lipinski definition) is 16. The summed E-state index contributed by atoms with van der Waals surface area (Å²) in [5.41, 5.74) is 11.2. The molecular weight excluding hydrogens is 1640 g/mol. The number of fused-ring (bicyclic) bond motifs is 5. The number of carbonyl (C=O) groups is 5. The number of rotatable bonds is 30. The molecular formula is C89H91Cl3N8O16S3. The van der Waals surface area contributed by atoms with Crippen LogP contribution >= 0.6 is 34.8 Å². The highest BCUT2D eigenvalue weighted by Gasteiger charge is 2.29. The van der Waals surface area contributed by atoms with Crippen LogP contribution in [-0.4, -0.2) is 127 Å². The summed E-state index contributed by atoms with van der Waals surface area (Å²) in [4.78, 5) is 73.6. The van der Waals surface area contributed by atoms with E-state index in [0.717, 1.165) is 105 Å². The summed E-state index contributed by atoms with van der Waals surface area (Å²) in [5, 5.41) is 12.0. The zero-order valence-electron chi connectivity index (χ0n) is 66.3. The zero-order chi connectivity index (χ0) is 84.7. The normalized spacial score (nSPS) is 12.5. The summed E-state index contributed by atoms with van der Waals surface area (Å²) in [7, 11) is -12.2. The Hall–Kier alpha value is -11.2. The van der Waals surface area contributed by atoms with Crippen LogP contribution in [0, 0.1) is 47.5 Å². The number of aromatic nitrogens is 3. The number of H-pyrrole nitrogens is 3. The molecule has 4 aromatic heterocycles. The van der Waals surface area contributed by atoms with Gasteiger partial charge in [-0.25, -0.2) is 39.4 Å². The third-order valence-corrected chi connectivity index (χ3v) is 25.9. The predicted octanol–water partition coefficient (Wildman–Crippen LogP) is 16.5. The average molecular weight is 1730 g/mol. The van der Waals surface area contributed by atoms with Crippen molar-refractivity contribution in [1.29, 1.82) is 0 Å². The molecule has 622 valence electrons. The van der Waals surface area contributed by atoms with Crippen molar-refractivity contribution >= 4 is 149 Å². The topological polar surface area (TPSA) is 345 Å². The first-order chi connectivity index (χ1) is 57.0. The molecule has 0 spiro atoms. The molecule has 1 aliphatic rings. The number of sulfonamides is 3. The van der Waals surface area contributed by atoms with Gasteiger partial charge in [0.05, 0.1) is 36.2 Å². The van der Waals surface area contributed by atoms with Crippen LogP contribution in [0.2, 0.25) is 15.1 Å². The number of nitrogens with one attached hydrogen (secondary N) is 8. The van der Waals surface area contributed by atoms with E-state index in [4.69, 9.17) is 58.2 Å². The Labute approximate surface area is 704 Å². The molecule has 8 N–H and O–H groups in total. The standard InChI is InChI=1S/C31H30ClN3O6S.C30H27ClN2O4S.C28H34ClN3O6S/c1-19-16-22(17-20(2)28(19)32)40-14-7-10-24-23-9-4-5-11-25(23)34-29(24)31(37)35-42(38,39)15-13-33-30(36)27-18-21-8-3-6-12-26(21)41-27;1-19-17-22(18-20(2)28(19)31)37-16-8-13-25-24-12-5-6-14-26(24)32-29(25)30(34)33-38(35,36)27-15-7-10-21-9-3-4-11-23(21)27;1-18-16-21(17-19(2)25(18)29)38-12-5-7-23-22-6-3-4-8-24(22)31-26(23)28(34)32-39(35,36)15-11-30-27(33)20-9-13-37-14-10-20/h3-6,8-9,11-12,16-18,34H,7,10,13-15H2,1-2H3,(H,33,36)(H,35,37);3-7,9-12,14-15,17-18,32H,8,13,16H2,1-2H3,(H,33,34);3-4,6,8,16-17,20,31H,5,7,9-15H2,1-2H3,(H,30,33)(H,32,34). The Morgan fingerprint density at radius 3 is 1.20 bits per heavy atom. The van der Waals surface area contributed by atoms with Gasteiger partial charge < -0.3 is 49.0 Å². The molecule has 0 aliphatic carbocycles. The number of halogens is 3. The molecule has 13 aromatic rings.